The zero-order chi connectivity index (χ0) is 27.0. The zero-order valence-electron chi connectivity index (χ0n) is 21.7. The minimum atomic E-state index is -1.34. The van der Waals surface area contributed by atoms with E-state index in [-0.39, 0.29) is 12.5 Å². The first kappa shape index (κ1) is 26.0. The summed E-state index contributed by atoms with van der Waals surface area (Å²) in [6.45, 7) is 7.30. The quantitative estimate of drug-likeness (QED) is 0.178. The van der Waals surface area contributed by atoms with Gasteiger partial charge in [0.15, 0.2) is 11.6 Å². The van der Waals surface area contributed by atoms with Gasteiger partial charge in [-0.25, -0.2) is 13.8 Å². The molecule has 0 aliphatic carbocycles. The van der Waals surface area contributed by atoms with E-state index in [9.17, 15) is 14.0 Å². The summed E-state index contributed by atoms with van der Waals surface area (Å²) in [6.07, 6.45) is 3.23. The van der Waals surface area contributed by atoms with E-state index in [2.05, 4.69) is 24.6 Å². The van der Waals surface area contributed by atoms with E-state index in [1.165, 1.54) is 39.8 Å². The van der Waals surface area contributed by atoms with E-state index >= 15 is 0 Å². The van der Waals surface area contributed by atoms with Crippen LogP contribution in [0.5, 0.6) is 5.75 Å². The van der Waals surface area contributed by atoms with Crippen LogP contribution in [0, 0.1) is 5.82 Å². The second-order valence-corrected chi connectivity index (χ2v) is 16.9. The second kappa shape index (κ2) is 10.3. The number of benzene rings is 2. The summed E-state index contributed by atoms with van der Waals surface area (Å²) in [5.74, 6) is -0.373. The Bertz CT molecular complexity index is 1770. The van der Waals surface area contributed by atoms with Gasteiger partial charge in [0.25, 0.3) is 5.56 Å². The fourth-order valence-electron chi connectivity index (χ4n) is 4.25. The smallest absolute Gasteiger partial charge is 0.338 e. The molecule has 196 valence electrons. The van der Waals surface area contributed by atoms with Gasteiger partial charge in [-0.3, -0.25) is 14.3 Å². The first-order valence-electron chi connectivity index (χ1n) is 12.2. The number of methoxy groups -OCH3 is 1. The number of ether oxygens (including phenoxy) is 2. The molecule has 5 rings (SSSR count). The molecule has 38 heavy (non-hydrogen) atoms. The molecule has 10 heteroatoms. The molecule has 7 nitrogen and oxygen atoms in total. The van der Waals surface area contributed by atoms with Gasteiger partial charge < -0.3 is 9.47 Å². The summed E-state index contributed by atoms with van der Waals surface area (Å²) in [7, 11) is 0.0665. The van der Waals surface area contributed by atoms with Crippen LogP contribution in [-0.4, -0.2) is 35.9 Å². The molecule has 3 aromatic heterocycles. The number of hydrogen-bond acceptors (Lipinski definition) is 6. The van der Waals surface area contributed by atoms with Crippen molar-refractivity contribution in [3.63, 3.8) is 0 Å². The van der Waals surface area contributed by atoms with E-state index in [1.54, 1.807) is 24.4 Å². The Balaban J connectivity index is 1.72. The lowest BCUT2D eigenvalue weighted by Gasteiger charge is -2.17. The topological polar surface area (TPSA) is 75.4 Å². The Labute approximate surface area is 223 Å². The number of thiophene rings is 1. The summed E-state index contributed by atoms with van der Waals surface area (Å²) in [5, 5.41) is 1.56. The molecule has 2 aromatic carbocycles. The van der Waals surface area contributed by atoms with Crippen molar-refractivity contribution in [2.24, 2.45) is 0 Å². The first-order valence-corrected chi connectivity index (χ1v) is 16.7. The van der Waals surface area contributed by atoms with Crippen LogP contribution in [-0.2, 0) is 11.5 Å². The van der Waals surface area contributed by atoms with Crippen molar-refractivity contribution in [1.82, 2.24) is 14.1 Å². The standard InChI is InChI=1S/C28H28FN3O4SSi/c1-35-24-13-18(9-10-21(24)29)25-14-22-26(37-25)27(33)32(23-16-30-15-19-7-5-6-8-20(19)23)28(34)31(22)17-36-11-12-38(2,3)4/h5-10,13-16H,11-12,17H2,1-4H3. The molecule has 0 amide bonds. The van der Waals surface area contributed by atoms with Crippen LogP contribution >= 0.6 is 11.3 Å². The Morgan fingerprint density at radius 1 is 1.05 bits per heavy atom. The van der Waals surface area contributed by atoms with Crippen LogP contribution in [0.4, 0.5) is 4.39 Å². The zero-order valence-corrected chi connectivity index (χ0v) is 23.5. The Kier molecular flexibility index (Phi) is 7.04. The number of pyridine rings is 1. The van der Waals surface area contributed by atoms with Crippen molar-refractivity contribution in [2.45, 2.75) is 32.4 Å². The third kappa shape index (κ3) is 4.94. The van der Waals surface area contributed by atoms with Crippen molar-refractivity contribution < 1.29 is 13.9 Å². The minimum Gasteiger partial charge on any atom is -0.494 e. The lowest BCUT2D eigenvalue weighted by atomic mass is 10.1. The van der Waals surface area contributed by atoms with Crippen LogP contribution in [0.25, 0.3) is 37.1 Å². The highest BCUT2D eigenvalue weighted by Crippen LogP contribution is 2.34. The van der Waals surface area contributed by atoms with Crippen molar-refractivity contribution in [3.05, 3.63) is 87.6 Å². The van der Waals surface area contributed by atoms with Gasteiger partial charge in [0.2, 0.25) is 0 Å². The van der Waals surface area contributed by atoms with E-state index in [1.807, 2.05) is 24.3 Å². The highest BCUT2D eigenvalue weighted by Gasteiger charge is 2.21. The van der Waals surface area contributed by atoms with Gasteiger partial charge in [0.05, 0.1) is 24.5 Å². The van der Waals surface area contributed by atoms with Gasteiger partial charge in [-0.1, -0.05) is 50.0 Å². The molecule has 0 fully saturated rings. The van der Waals surface area contributed by atoms with E-state index in [0.717, 1.165) is 16.8 Å². The normalized spacial score (nSPS) is 11.9. The number of halogens is 1. The molecule has 0 spiro atoms. The van der Waals surface area contributed by atoms with Crippen LogP contribution in [0.15, 0.2) is 70.5 Å². The third-order valence-corrected chi connectivity index (χ3v) is 9.23. The molecule has 0 saturated heterocycles. The number of hydrogen-bond donors (Lipinski definition) is 0. The van der Waals surface area contributed by atoms with Crippen LogP contribution in [0.3, 0.4) is 0 Å². The largest absolute Gasteiger partial charge is 0.494 e. The summed E-state index contributed by atoms with van der Waals surface area (Å²) in [5.41, 5.74) is 0.623. The minimum absolute atomic E-state index is 0.00119. The second-order valence-electron chi connectivity index (χ2n) is 10.3. The van der Waals surface area contributed by atoms with Gasteiger partial charge >= 0.3 is 5.69 Å². The lowest BCUT2D eigenvalue weighted by molar-refractivity contribution is 0.0864. The maximum atomic E-state index is 14.1. The molecule has 0 bridgehead atoms. The maximum Gasteiger partial charge on any atom is 0.338 e. The Hall–Kier alpha value is -3.60. The summed E-state index contributed by atoms with van der Waals surface area (Å²) >= 11 is 1.24. The molecule has 3 heterocycles. The number of fused-ring (bicyclic) bond motifs is 2. The molecule has 0 aliphatic rings. The molecule has 0 unspecified atom stereocenters. The Morgan fingerprint density at radius 2 is 1.84 bits per heavy atom. The van der Waals surface area contributed by atoms with Crippen molar-refractivity contribution in [2.75, 3.05) is 13.7 Å². The molecule has 0 aliphatic heterocycles. The average molecular weight is 550 g/mol. The third-order valence-electron chi connectivity index (χ3n) is 6.36. The van der Waals surface area contributed by atoms with Gasteiger partial charge in [0, 0.05) is 36.5 Å². The predicted molar refractivity (Wildman–Crippen MR) is 153 cm³/mol. The van der Waals surface area contributed by atoms with E-state index in [0.29, 0.717) is 33.0 Å². The fraction of sp³-hybridized carbons (Fsp3) is 0.250. The van der Waals surface area contributed by atoms with Crippen molar-refractivity contribution in [1.29, 1.82) is 0 Å². The molecular weight excluding hydrogens is 521 g/mol. The van der Waals surface area contributed by atoms with Gasteiger partial charge in [-0.2, -0.15) is 0 Å². The van der Waals surface area contributed by atoms with Gasteiger partial charge in [0.1, 0.15) is 11.4 Å². The van der Waals surface area contributed by atoms with E-state index in [4.69, 9.17) is 9.47 Å². The van der Waals surface area contributed by atoms with E-state index < -0.39 is 25.1 Å². The number of nitrogens with zero attached hydrogens (tertiary/aromatic N) is 3. The maximum absolute atomic E-state index is 14.1. The van der Waals surface area contributed by atoms with Gasteiger partial charge in [-0.05, 0) is 29.8 Å². The monoisotopic (exact) mass is 549 g/mol. The molecule has 5 aromatic rings. The molecule has 0 saturated carbocycles. The van der Waals surface area contributed by atoms with Crippen LogP contribution in [0.2, 0.25) is 25.7 Å². The summed E-state index contributed by atoms with van der Waals surface area (Å²) < 4.78 is 28.2. The highest BCUT2D eigenvalue weighted by atomic mass is 32.1. The first-order chi connectivity index (χ1) is 18.2. The SMILES string of the molecule is COc1cc(-c2cc3c(s2)c(=O)n(-c2cncc4ccccc24)c(=O)n3COCC[Si](C)(C)C)ccc1F. The van der Waals surface area contributed by atoms with Crippen LogP contribution in [0.1, 0.15) is 0 Å². The Morgan fingerprint density at radius 3 is 2.61 bits per heavy atom. The number of rotatable bonds is 8. The lowest BCUT2D eigenvalue weighted by Crippen LogP contribution is -2.39. The fourth-order valence-corrected chi connectivity index (χ4v) is 6.10. The van der Waals surface area contributed by atoms with Crippen molar-refractivity contribution in [3.8, 4) is 21.9 Å². The molecular formula is C28H28FN3O4SSi. The summed E-state index contributed by atoms with van der Waals surface area (Å²) in [4.78, 5) is 32.7. The molecule has 0 N–H and O–H groups in total. The number of aromatic nitrogens is 3. The van der Waals surface area contributed by atoms with Gasteiger partial charge in [-0.15, -0.1) is 11.3 Å². The molecule has 0 atom stereocenters. The highest BCUT2D eigenvalue weighted by molar-refractivity contribution is 7.22. The molecule has 0 radical (unpaired) electrons. The average Bonchev–Trinajstić information content (AvgIpc) is 3.34. The summed E-state index contributed by atoms with van der Waals surface area (Å²) in [6, 6.07) is 14.8. The predicted octanol–water partition coefficient (Wildman–Crippen LogP) is 5.89. The van der Waals surface area contributed by atoms with Crippen molar-refractivity contribution >= 4 is 40.4 Å². The van der Waals surface area contributed by atoms with Crippen LogP contribution < -0.4 is 16.0 Å².